The topological polar surface area (TPSA) is 108 Å². The maximum atomic E-state index is 12.4. The highest BCUT2D eigenvalue weighted by molar-refractivity contribution is 5.94. The summed E-state index contributed by atoms with van der Waals surface area (Å²) < 4.78 is 5.38. The lowest BCUT2D eigenvalue weighted by Gasteiger charge is -2.30. The summed E-state index contributed by atoms with van der Waals surface area (Å²) in [5.74, 6) is -0.0149. The third kappa shape index (κ3) is 3.33. The van der Waals surface area contributed by atoms with E-state index in [2.05, 4.69) is 10.3 Å². The van der Waals surface area contributed by atoms with Gasteiger partial charge in [0.2, 0.25) is 5.91 Å². The van der Waals surface area contributed by atoms with E-state index in [0.717, 1.165) is 16.9 Å². The van der Waals surface area contributed by atoms with Crippen LogP contribution in [0.2, 0.25) is 0 Å². The Morgan fingerprint density at radius 2 is 2.04 bits per heavy atom. The Morgan fingerprint density at radius 3 is 2.68 bits per heavy atom. The molecule has 1 atom stereocenters. The van der Waals surface area contributed by atoms with Gasteiger partial charge in [-0.3, -0.25) is 14.8 Å². The standard InChI is InChI=1S/C20H18N4O4/c25-19(23-27)13-4-6-15(7-5-13)24(17-8-9-22-20(17)26)16-3-1-2-14(10-16)18-11-21-12-28-18/h1-7,10-12,17,27H,8-9H2,(H,22,26)(H,23,25). The molecule has 1 fully saturated rings. The zero-order valence-corrected chi connectivity index (χ0v) is 14.8. The lowest BCUT2D eigenvalue weighted by atomic mass is 10.1. The Labute approximate surface area is 160 Å². The Kier molecular flexibility index (Phi) is 4.77. The van der Waals surface area contributed by atoms with Gasteiger partial charge in [-0.15, -0.1) is 0 Å². The molecule has 1 saturated heterocycles. The van der Waals surface area contributed by atoms with Crippen LogP contribution in [0.3, 0.4) is 0 Å². The molecular formula is C20H18N4O4. The van der Waals surface area contributed by atoms with Crippen molar-refractivity contribution in [2.75, 3.05) is 11.4 Å². The average Bonchev–Trinajstić information content (AvgIpc) is 3.41. The number of hydrogen-bond donors (Lipinski definition) is 3. The normalized spacial score (nSPS) is 15.9. The van der Waals surface area contributed by atoms with Gasteiger partial charge in [-0.1, -0.05) is 12.1 Å². The van der Waals surface area contributed by atoms with Crippen LogP contribution in [0.15, 0.2) is 65.5 Å². The van der Waals surface area contributed by atoms with Gasteiger partial charge in [0.25, 0.3) is 5.91 Å². The second kappa shape index (κ2) is 7.53. The van der Waals surface area contributed by atoms with Crippen molar-refractivity contribution in [1.29, 1.82) is 0 Å². The second-order valence-corrected chi connectivity index (χ2v) is 6.37. The highest BCUT2D eigenvalue weighted by Gasteiger charge is 2.31. The van der Waals surface area contributed by atoms with Crippen LogP contribution in [0.4, 0.5) is 11.4 Å². The predicted molar refractivity (Wildman–Crippen MR) is 101 cm³/mol. The maximum absolute atomic E-state index is 12.4. The van der Waals surface area contributed by atoms with Crippen molar-refractivity contribution in [3.63, 3.8) is 0 Å². The molecule has 0 radical (unpaired) electrons. The Bertz CT molecular complexity index is 986. The summed E-state index contributed by atoms with van der Waals surface area (Å²) in [6.07, 6.45) is 3.66. The van der Waals surface area contributed by atoms with Crippen molar-refractivity contribution in [2.45, 2.75) is 12.5 Å². The van der Waals surface area contributed by atoms with Gasteiger partial charge in [0, 0.05) is 29.0 Å². The summed E-state index contributed by atoms with van der Waals surface area (Å²) in [4.78, 5) is 29.9. The van der Waals surface area contributed by atoms with E-state index in [1.54, 1.807) is 35.9 Å². The molecule has 2 aromatic carbocycles. The first-order valence-corrected chi connectivity index (χ1v) is 8.78. The minimum absolute atomic E-state index is 0.0535. The number of carbonyl (C=O) groups is 2. The van der Waals surface area contributed by atoms with Crippen LogP contribution in [0.5, 0.6) is 0 Å². The maximum Gasteiger partial charge on any atom is 0.274 e. The molecule has 2 amide bonds. The molecule has 1 aromatic heterocycles. The third-order valence-electron chi connectivity index (χ3n) is 4.68. The van der Waals surface area contributed by atoms with Gasteiger partial charge < -0.3 is 14.6 Å². The van der Waals surface area contributed by atoms with E-state index in [9.17, 15) is 9.59 Å². The summed E-state index contributed by atoms with van der Waals surface area (Å²) in [5, 5.41) is 11.7. The van der Waals surface area contributed by atoms with Crippen LogP contribution in [0.25, 0.3) is 11.3 Å². The molecule has 142 valence electrons. The first kappa shape index (κ1) is 17.7. The molecule has 3 aromatic rings. The molecule has 0 aliphatic carbocycles. The van der Waals surface area contributed by atoms with Crippen LogP contribution in [0.1, 0.15) is 16.8 Å². The molecule has 0 bridgehead atoms. The van der Waals surface area contributed by atoms with Gasteiger partial charge >= 0.3 is 0 Å². The van der Waals surface area contributed by atoms with Crippen LogP contribution in [-0.4, -0.2) is 34.6 Å². The van der Waals surface area contributed by atoms with Gasteiger partial charge in [-0.05, 0) is 42.8 Å². The summed E-state index contributed by atoms with van der Waals surface area (Å²) >= 11 is 0. The number of aromatic nitrogens is 1. The summed E-state index contributed by atoms with van der Waals surface area (Å²) in [5.41, 5.74) is 4.34. The molecular weight excluding hydrogens is 360 g/mol. The van der Waals surface area contributed by atoms with Crippen LogP contribution in [-0.2, 0) is 4.79 Å². The monoisotopic (exact) mass is 378 g/mol. The molecule has 8 heteroatoms. The number of carbonyl (C=O) groups excluding carboxylic acids is 2. The highest BCUT2D eigenvalue weighted by atomic mass is 16.5. The number of nitrogens with one attached hydrogen (secondary N) is 2. The summed E-state index contributed by atoms with van der Waals surface area (Å²) in [6, 6.07) is 14.0. The fourth-order valence-electron chi connectivity index (χ4n) is 3.34. The molecule has 4 rings (SSSR count). The van der Waals surface area contributed by atoms with E-state index in [-0.39, 0.29) is 11.9 Å². The number of anilines is 2. The molecule has 8 nitrogen and oxygen atoms in total. The van der Waals surface area contributed by atoms with Gasteiger partial charge in [-0.2, -0.15) is 0 Å². The van der Waals surface area contributed by atoms with Gasteiger partial charge in [-0.25, -0.2) is 10.5 Å². The third-order valence-corrected chi connectivity index (χ3v) is 4.68. The number of oxazole rings is 1. The molecule has 0 saturated carbocycles. The van der Waals surface area contributed by atoms with Crippen LogP contribution >= 0.6 is 0 Å². The first-order valence-electron chi connectivity index (χ1n) is 8.78. The van der Waals surface area contributed by atoms with Gasteiger partial charge in [0.15, 0.2) is 12.2 Å². The van der Waals surface area contributed by atoms with E-state index in [0.29, 0.717) is 24.3 Å². The van der Waals surface area contributed by atoms with Crippen molar-refractivity contribution in [2.24, 2.45) is 0 Å². The second-order valence-electron chi connectivity index (χ2n) is 6.37. The molecule has 1 unspecified atom stereocenters. The fraction of sp³-hybridized carbons (Fsp3) is 0.150. The molecule has 1 aliphatic heterocycles. The highest BCUT2D eigenvalue weighted by Crippen LogP contribution is 2.33. The fourth-order valence-corrected chi connectivity index (χ4v) is 3.34. The molecule has 28 heavy (non-hydrogen) atoms. The Morgan fingerprint density at radius 1 is 1.21 bits per heavy atom. The van der Waals surface area contributed by atoms with E-state index >= 15 is 0 Å². The number of hydrogen-bond acceptors (Lipinski definition) is 6. The zero-order valence-electron chi connectivity index (χ0n) is 14.8. The molecule has 3 N–H and O–H groups in total. The lowest BCUT2D eigenvalue weighted by Crippen LogP contribution is -2.37. The van der Waals surface area contributed by atoms with Crippen molar-refractivity contribution in [3.05, 3.63) is 66.7 Å². The minimum atomic E-state index is -0.593. The molecule has 2 heterocycles. The van der Waals surface area contributed by atoms with Crippen molar-refractivity contribution in [3.8, 4) is 11.3 Å². The van der Waals surface area contributed by atoms with E-state index in [1.807, 2.05) is 29.2 Å². The largest absolute Gasteiger partial charge is 0.444 e. The predicted octanol–water partition coefficient (Wildman–Crippen LogP) is 2.49. The Hall–Kier alpha value is -3.65. The minimum Gasteiger partial charge on any atom is -0.444 e. The van der Waals surface area contributed by atoms with Crippen LogP contribution < -0.4 is 15.7 Å². The van der Waals surface area contributed by atoms with Gasteiger partial charge in [0.1, 0.15) is 6.04 Å². The van der Waals surface area contributed by atoms with Crippen molar-refractivity contribution in [1.82, 2.24) is 15.8 Å². The smallest absolute Gasteiger partial charge is 0.274 e. The average molecular weight is 378 g/mol. The number of hydroxylamine groups is 1. The number of nitrogens with zero attached hydrogens (tertiary/aromatic N) is 2. The quantitative estimate of drug-likeness (QED) is 0.465. The number of amides is 2. The number of benzene rings is 2. The lowest BCUT2D eigenvalue weighted by molar-refractivity contribution is -0.120. The number of rotatable bonds is 5. The summed E-state index contributed by atoms with van der Waals surface area (Å²) in [7, 11) is 0. The molecule has 1 aliphatic rings. The first-order chi connectivity index (χ1) is 13.7. The SMILES string of the molecule is O=C(NO)c1ccc(N(c2cccc(-c3cnco3)c2)C2CCNC2=O)cc1. The molecule has 0 spiro atoms. The van der Waals surface area contributed by atoms with Gasteiger partial charge in [0.05, 0.1) is 6.20 Å². The zero-order chi connectivity index (χ0) is 19.5. The van der Waals surface area contributed by atoms with Crippen molar-refractivity contribution >= 4 is 23.2 Å². The van der Waals surface area contributed by atoms with E-state index in [1.165, 1.54) is 6.39 Å². The van der Waals surface area contributed by atoms with E-state index < -0.39 is 5.91 Å². The summed E-state index contributed by atoms with van der Waals surface area (Å²) in [6.45, 7) is 0.604. The van der Waals surface area contributed by atoms with Crippen LogP contribution in [0, 0.1) is 0 Å². The van der Waals surface area contributed by atoms with E-state index in [4.69, 9.17) is 9.62 Å². The van der Waals surface area contributed by atoms with Crippen molar-refractivity contribution < 1.29 is 19.2 Å². The Balaban J connectivity index is 1.75.